The van der Waals surface area contributed by atoms with E-state index in [2.05, 4.69) is 5.32 Å². The molecule has 1 N–H and O–H groups in total. The number of carbonyl (C=O) groups excluding carboxylic acids is 2. The van der Waals surface area contributed by atoms with Gasteiger partial charge in [-0.15, -0.1) is 0 Å². The van der Waals surface area contributed by atoms with Crippen molar-refractivity contribution in [2.24, 2.45) is 4.99 Å². The molecule has 2 amide bonds. The van der Waals surface area contributed by atoms with Crippen molar-refractivity contribution in [1.82, 2.24) is 0 Å². The van der Waals surface area contributed by atoms with Gasteiger partial charge in [0.05, 0.1) is 23.5 Å². The molecule has 0 fully saturated rings. The smallest absolute Gasteiger partial charge is 0.244 e. The van der Waals surface area contributed by atoms with E-state index >= 15 is 0 Å². The quantitative estimate of drug-likeness (QED) is 0.596. The third-order valence-corrected chi connectivity index (χ3v) is 5.28. The number of aliphatic imine (C=N–C) groups is 1. The maximum Gasteiger partial charge on any atom is 0.244 e. The minimum atomic E-state index is -0.261. The first-order chi connectivity index (χ1) is 14.9. The second kappa shape index (κ2) is 8.74. The van der Waals surface area contributed by atoms with Crippen molar-refractivity contribution in [1.29, 1.82) is 0 Å². The molecule has 1 heterocycles. The molecule has 0 saturated heterocycles. The zero-order valence-corrected chi connectivity index (χ0v) is 18.1. The molecule has 0 unspecified atom stereocenters. The Bertz CT molecular complexity index is 1170. The van der Waals surface area contributed by atoms with E-state index in [1.54, 1.807) is 12.1 Å². The van der Waals surface area contributed by atoms with E-state index in [4.69, 9.17) is 16.6 Å². The molecule has 4 rings (SSSR count). The summed E-state index contributed by atoms with van der Waals surface area (Å²) in [6, 6.07) is 20.5. The highest BCUT2D eigenvalue weighted by molar-refractivity contribution is 6.30. The number of aryl methyl sites for hydroxylation is 2. The molecule has 0 aliphatic carbocycles. The molecule has 0 bridgehead atoms. The molecule has 0 aromatic heterocycles. The lowest BCUT2D eigenvalue weighted by atomic mass is 10.1. The summed E-state index contributed by atoms with van der Waals surface area (Å²) in [6.45, 7) is 3.87. The molecule has 5 nitrogen and oxygen atoms in total. The Hall–Kier alpha value is -3.44. The van der Waals surface area contributed by atoms with E-state index in [1.165, 1.54) is 4.90 Å². The molecule has 0 saturated carbocycles. The number of anilines is 2. The van der Waals surface area contributed by atoms with E-state index in [9.17, 15) is 9.59 Å². The summed E-state index contributed by atoms with van der Waals surface area (Å²) < 4.78 is 0. The first-order valence-electron chi connectivity index (χ1n) is 10.00. The maximum atomic E-state index is 13.2. The summed E-state index contributed by atoms with van der Waals surface area (Å²) in [5.74, 6) is -0.447. The van der Waals surface area contributed by atoms with Crippen molar-refractivity contribution in [3.05, 3.63) is 88.4 Å². The van der Waals surface area contributed by atoms with Crippen molar-refractivity contribution in [2.45, 2.75) is 20.3 Å². The zero-order valence-electron chi connectivity index (χ0n) is 17.4. The van der Waals surface area contributed by atoms with Crippen LogP contribution in [0.2, 0.25) is 5.02 Å². The number of nitrogens with one attached hydrogen (secondary N) is 1. The number of hydrogen-bond acceptors (Lipinski definition) is 3. The van der Waals surface area contributed by atoms with Crippen LogP contribution >= 0.6 is 11.6 Å². The summed E-state index contributed by atoms with van der Waals surface area (Å²) in [5.41, 5.74) is 5.58. The van der Waals surface area contributed by atoms with E-state index in [0.717, 1.165) is 22.4 Å². The third kappa shape index (κ3) is 4.84. The van der Waals surface area contributed by atoms with Gasteiger partial charge in [-0.25, -0.2) is 0 Å². The molecule has 0 atom stereocenters. The van der Waals surface area contributed by atoms with Gasteiger partial charge in [0.1, 0.15) is 6.54 Å². The molecule has 1 aliphatic rings. The third-order valence-electron chi connectivity index (χ3n) is 5.03. The Kier molecular flexibility index (Phi) is 5.87. The van der Waals surface area contributed by atoms with Gasteiger partial charge >= 0.3 is 0 Å². The van der Waals surface area contributed by atoms with Crippen molar-refractivity contribution >= 4 is 46.2 Å². The van der Waals surface area contributed by atoms with Crippen LogP contribution in [0, 0.1) is 13.8 Å². The first-order valence-corrected chi connectivity index (χ1v) is 10.4. The predicted molar refractivity (Wildman–Crippen MR) is 126 cm³/mol. The van der Waals surface area contributed by atoms with Gasteiger partial charge in [0.2, 0.25) is 11.8 Å². The second-order valence-electron chi connectivity index (χ2n) is 7.64. The van der Waals surface area contributed by atoms with E-state index in [1.807, 2.05) is 68.4 Å². The number of para-hydroxylation sites is 2. The van der Waals surface area contributed by atoms with E-state index < -0.39 is 0 Å². The lowest BCUT2D eigenvalue weighted by Gasteiger charge is -2.22. The van der Waals surface area contributed by atoms with Crippen molar-refractivity contribution in [3.63, 3.8) is 0 Å². The fourth-order valence-corrected chi connectivity index (χ4v) is 3.84. The Morgan fingerprint density at radius 2 is 1.71 bits per heavy atom. The molecule has 3 aromatic carbocycles. The summed E-state index contributed by atoms with van der Waals surface area (Å²) in [6.07, 6.45) is 0.0904. The molecule has 0 spiro atoms. The van der Waals surface area contributed by atoms with Crippen LogP contribution in [0.3, 0.4) is 0 Å². The van der Waals surface area contributed by atoms with Crippen LogP contribution < -0.4 is 10.2 Å². The Morgan fingerprint density at radius 1 is 1.03 bits per heavy atom. The van der Waals surface area contributed by atoms with Gasteiger partial charge in [0.25, 0.3) is 0 Å². The molecular weight excluding hydrogens is 410 g/mol. The number of halogens is 1. The second-order valence-corrected chi connectivity index (χ2v) is 8.07. The number of nitrogens with zero attached hydrogens (tertiary/aromatic N) is 2. The van der Waals surface area contributed by atoms with Crippen molar-refractivity contribution < 1.29 is 9.59 Å². The SMILES string of the molecule is Cc1cc(C)cc(NC(=O)CN2C(=O)CC(c3ccc(Cl)cc3)=Nc3ccccc32)c1. The highest BCUT2D eigenvalue weighted by atomic mass is 35.5. The Balaban J connectivity index is 1.60. The van der Waals surface area contributed by atoms with E-state index in [-0.39, 0.29) is 24.8 Å². The lowest BCUT2D eigenvalue weighted by molar-refractivity contribution is -0.120. The fourth-order valence-electron chi connectivity index (χ4n) is 3.72. The summed E-state index contributed by atoms with van der Waals surface area (Å²) in [4.78, 5) is 32.2. The van der Waals surface area contributed by atoms with Crippen molar-refractivity contribution in [2.75, 3.05) is 16.8 Å². The lowest BCUT2D eigenvalue weighted by Crippen LogP contribution is -2.38. The topological polar surface area (TPSA) is 61.8 Å². The van der Waals surface area contributed by atoms with Crippen LogP contribution in [0.25, 0.3) is 0 Å². The molecule has 6 heteroatoms. The Morgan fingerprint density at radius 3 is 2.42 bits per heavy atom. The number of benzene rings is 3. The molecular formula is C25H22ClN3O2. The van der Waals surface area contributed by atoms with Gasteiger partial charge in [-0.1, -0.05) is 41.9 Å². The number of rotatable bonds is 4. The Labute approximate surface area is 186 Å². The fraction of sp³-hybridized carbons (Fsp3) is 0.160. The minimum Gasteiger partial charge on any atom is -0.325 e. The van der Waals surface area contributed by atoms with Crippen LogP contribution in [-0.4, -0.2) is 24.1 Å². The molecule has 31 heavy (non-hydrogen) atoms. The van der Waals surface area contributed by atoms with Gasteiger partial charge in [-0.2, -0.15) is 0 Å². The number of fused-ring (bicyclic) bond motifs is 1. The van der Waals surface area contributed by atoms with Crippen LogP contribution in [-0.2, 0) is 9.59 Å². The summed E-state index contributed by atoms with van der Waals surface area (Å²) in [5, 5.41) is 3.53. The normalized spacial score (nSPS) is 13.3. The van der Waals surface area contributed by atoms with Gasteiger partial charge in [0, 0.05) is 10.7 Å². The molecule has 3 aromatic rings. The number of carbonyl (C=O) groups is 2. The summed E-state index contributed by atoms with van der Waals surface area (Å²) >= 11 is 6.00. The first kappa shape index (κ1) is 20.8. The average molecular weight is 432 g/mol. The molecule has 0 radical (unpaired) electrons. The van der Waals surface area contributed by atoms with Gasteiger partial charge in [0.15, 0.2) is 0 Å². The largest absolute Gasteiger partial charge is 0.325 e. The minimum absolute atomic E-state index is 0.0904. The zero-order chi connectivity index (χ0) is 22.0. The van der Waals surface area contributed by atoms with Crippen LogP contribution in [0.4, 0.5) is 17.1 Å². The van der Waals surface area contributed by atoms with Crippen molar-refractivity contribution in [3.8, 4) is 0 Å². The highest BCUT2D eigenvalue weighted by Crippen LogP contribution is 2.33. The monoisotopic (exact) mass is 431 g/mol. The molecule has 156 valence electrons. The van der Waals surface area contributed by atoms with Gasteiger partial charge < -0.3 is 10.2 Å². The van der Waals surface area contributed by atoms with Gasteiger partial charge in [-0.05, 0) is 66.9 Å². The number of amides is 2. The highest BCUT2D eigenvalue weighted by Gasteiger charge is 2.26. The predicted octanol–water partition coefficient (Wildman–Crippen LogP) is 5.45. The van der Waals surface area contributed by atoms with Crippen LogP contribution in [0.1, 0.15) is 23.1 Å². The van der Waals surface area contributed by atoms with E-state index in [0.29, 0.717) is 22.1 Å². The maximum absolute atomic E-state index is 13.2. The van der Waals surface area contributed by atoms with Crippen LogP contribution in [0.15, 0.2) is 71.7 Å². The number of hydrogen-bond donors (Lipinski definition) is 1. The standard InChI is InChI=1S/C25H22ClN3O2/c1-16-11-17(2)13-20(12-16)27-24(30)15-29-23-6-4-3-5-21(23)28-22(14-25(29)31)18-7-9-19(26)10-8-18/h3-13H,14-15H2,1-2H3,(H,27,30). The van der Waals surface area contributed by atoms with Gasteiger partial charge in [-0.3, -0.25) is 14.6 Å². The molecule has 1 aliphatic heterocycles. The van der Waals surface area contributed by atoms with Crippen LogP contribution in [0.5, 0.6) is 0 Å². The average Bonchev–Trinajstić information content (AvgIpc) is 2.84. The summed E-state index contributed by atoms with van der Waals surface area (Å²) in [7, 11) is 0.